The normalized spacial score (nSPS) is 13.9. The third-order valence-corrected chi connectivity index (χ3v) is 2.65. The average Bonchev–Trinajstić information content (AvgIpc) is 2.26. The van der Waals surface area contributed by atoms with E-state index >= 15 is 0 Å². The van der Waals surface area contributed by atoms with Crippen LogP contribution in [0.15, 0.2) is 18.2 Å². The first-order valence-electron chi connectivity index (χ1n) is 5.76. The Morgan fingerprint density at radius 1 is 1.28 bits per heavy atom. The van der Waals surface area contributed by atoms with Gasteiger partial charge in [-0.25, -0.2) is 0 Å². The molecule has 0 heterocycles. The molecule has 0 saturated heterocycles. The Kier molecular flexibility index (Phi) is 4.55. The summed E-state index contributed by atoms with van der Waals surface area (Å²) in [5.74, 6) is -0.662. The molecule has 5 nitrogen and oxygen atoms in total. The highest BCUT2D eigenvalue weighted by molar-refractivity contribution is 5.69. The van der Waals surface area contributed by atoms with Crippen molar-refractivity contribution in [3.63, 3.8) is 0 Å². The van der Waals surface area contributed by atoms with Crippen LogP contribution in [0.25, 0.3) is 0 Å². The molecule has 3 N–H and O–H groups in total. The predicted molar refractivity (Wildman–Crippen MR) is 65.2 cm³/mol. The highest BCUT2D eigenvalue weighted by Crippen LogP contribution is 2.31. The van der Waals surface area contributed by atoms with Crippen LogP contribution < -0.4 is 0 Å². The monoisotopic (exact) mass is 254 g/mol. The van der Waals surface area contributed by atoms with E-state index in [0.29, 0.717) is 12.2 Å². The average molecular weight is 254 g/mol. The Hall–Kier alpha value is -1.75. The molecule has 1 atom stereocenters. The fraction of sp³-hybridized carbons (Fsp3) is 0.462. The van der Waals surface area contributed by atoms with Gasteiger partial charge in [0.05, 0.1) is 12.2 Å². The highest BCUT2D eigenvalue weighted by atomic mass is 16.5. The molecule has 5 heteroatoms. The minimum Gasteiger partial charge on any atom is -0.508 e. The van der Waals surface area contributed by atoms with E-state index in [-0.39, 0.29) is 30.3 Å². The van der Waals surface area contributed by atoms with Crippen molar-refractivity contribution in [2.75, 3.05) is 6.61 Å². The molecule has 0 amide bonds. The standard InChI is InChI=1S/C13H18O5/c1-3-18-12(16)4-5-13(2,17)9-6-10(14)8-11(15)7-9/h6-8,14-15,17H,3-5H2,1-2H3. The molecule has 100 valence electrons. The SMILES string of the molecule is CCOC(=O)CCC(C)(O)c1cc(O)cc(O)c1. The van der Waals surface area contributed by atoms with E-state index in [9.17, 15) is 20.1 Å². The number of carbonyl (C=O) groups excluding carboxylic acids is 1. The van der Waals surface area contributed by atoms with Crippen molar-refractivity contribution in [1.82, 2.24) is 0 Å². The van der Waals surface area contributed by atoms with Gasteiger partial charge in [0, 0.05) is 12.5 Å². The summed E-state index contributed by atoms with van der Waals surface area (Å²) >= 11 is 0. The van der Waals surface area contributed by atoms with E-state index in [1.165, 1.54) is 25.1 Å². The van der Waals surface area contributed by atoms with Gasteiger partial charge in [0.1, 0.15) is 11.5 Å². The summed E-state index contributed by atoms with van der Waals surface area (Å²) in [5.41, 5.74) is -0.965. The van der Waals surface area contributed by atoms with Gasteiger partial charge in [0.25, 0.3) is 0 Å². The summed E-state index contributed by atoms with van der Waals surface area (Å²) in [7, 11) is 0. The van der Waals surface area contributed by atoms with Crippen LogP contribution in [-0.4, -0.2) is 27.9 Å². The third kappa shape index (κ3) is 3.92. The Morgan fingerprint density at radius 3 is 2.33 bits per heavy atom. The van der Waals surface area contributed by atoms with Crippen molar-refractivity contribution in [2.45, 2.75) is 32.3 Å². The minimum atomic E-state index is -1.32. The molecular formula is C13H18O5. The first kappa shape index (κ1) is 14.3. The Bertz CT molecular complexity index is 405. The third-order valence-electron chi connectivity index (χ3n) is 2.65. The quantitative estimate of drug-likeness (QED) is 0.695. The van der Waals surface area contributed by atoms with Gasteiger partial charge in [0.15, 0.2) is 0 Å². The first-order chi connectivity index (χ1) is 8.35. The molecule has 0 spiro atoms. The van der Waals surface area contributed by atoms with Crippen molar-refractivity contribution in [2.24, 2.45) is 0 Å². The summed E-state index contributed by atoms with van der Waals surface area (Å²) < 4.78 is 4.77. The van der Waals surface area contributed by atoms with Gasteiger partial charge < -0.3 is 20.1 Å². The van der Waals surface area contributed by atoms with Gasteiger partial charge in [-0.15, -0.1) is 0 Å². The number of benzene rings is 1. The summed E-state index contributed by atoms with van der Waals surface area (Å²) in [6.45, 7) is 3.53. The molecule has 1 aromatic rings. The van der Waals surface area contributed by atoms with Crippen molar-refractivity contribution in [1.29, 1.82) is 0 Å². The van der Waals surface area contributed by atoms with Gasteiger partial charge in [-0.2, -0.15) is 0 Å². The summed E-state index contributed by atoms with van der Waals surface area (Å²) in [6, 6.07) is 3.88. The summed E-state index contributed by atoms with van der Waals surface area (Å²) in [5, 5.41) is 28.9. The molecule has 1 aromatic carbocycles. The second-order valence-electron chi connectivity index (χ2n) is 4.32. The van der Waals surface area contributed by atoms with Crippen molar-refractivity contribution >= 4 is 5.97 Å². The molecule has 0 saturated carbocycles. The number of hydrogen-bond acceptors (Lipinski definition) is 5. The van der Waals surface area contributed by atoms with E-state index in [1.807, 2.05) is 0 Å². The van der Waals surface area contributed by atoms with Gasteiger partial charge in [-0.05, 0) is 38.0 Å². The fourth-order valence-electron chi connectivity index (χ4n) is 1.63. The van der Waals surface area contributed by atoms with E-state index in [0.717, 1.165) is 0 Å². The lowest BCUT2D eigenvalue weighted by Gasteiger charge is -2.23. The van der Waals surface area contributed by atoms with Crippen LogP contribution in [0.4, 0.5) is 0 Å². The molecule has 0 fully saturated rings. The molecule has 1 rings (SSSR count). The number of hydrogen-bond donors (Lipinski definition) is 3. The number of phenols is 2. The topological polar surface area (TPSA) is 87.0 Å². The molecule has 0 aliphatic rings. The molecule has 1 unspecified atom stereocenters. The van der Waals surface area contributed by atoms with Crippen LogP contribution in [0.5, 0.6) is 11.5 Å². The van der Waals surface area contributed by atoms with E-state index < -0.39 is 5.60 Å². The maximum atomic E-state index is 11.2. The van der Waals surface area contributed by atoms with Crippen molar-refractivity contribution in [3.05, 3.63) is 23.8 Å². The maximum Gasteiger partial charge on any atom is 0.305 e. The van der Waals surface area contributed by atoms with Crippen molar-refractivity contribution < 1.29 is 24.9 Å². The molecule has 0 bridgehead atoms. The van der Waals surface area contributed by atoms with Crippen LogP contribution in [-0.2, 0) is 15.1 Å². The van der Waals surface area contributed by atoms with Crippen molar-refractivity contribution in [3.8, 4) is 11.5 Å². The van der Waals surface area contributed by atoms with E-state index in [4.69, 9.17) is 4.74 Å². The smallest absolute Gasteiger partial charge is 0.305 e. The number of aromatic hydroxyl groups is 2. The second-order valence-corrected chi connectivity index (χ2v) is 4.32. The first-order valence-corrected chi connectivity index (χ1v) is 5.76. The fourth-order valence-corrected chi connectivity index (χ4v) is 1.63. The molecule has 0 radical (unpaired) electrons. The second kappa shape index (κ2) is 5.73. The van der Waals surface area contributed by atoms with Gasteiger partial charge in [-0.3, -0.25) is 4.79 Å². The maximum absolute atomic E-state index is 11.2. The lowest BCUT2D eigenvalue weighted by Crippen LogP contribution is -2.22. The highest BCUT2D eigenvalue weighted by Gasteiger charge is 2.25. The van der Waals surface area contributed by atoms with E-state index in [1.54, 1.807) is 6.92 Å². The number of carbonyl (C=O) groups is 1. The Morgan fingerprint density at radius 2 is 1.83 bits per heavy atom. The Labute approximate surface area is 106 Å². The van der Waals surface area contributed by atoms with Crippen LogP contribution >= 0.6 is 0 Å². The van der Waals surface area contributed by atoms with Crippen LogP contribution in [0.2, 0.25) is 0 Å². The minimum absolute atomic E-state index is 0.0667. The zero-order chi connectivity index (χ0) is 13.8. The zero-order valence-electron chi connectivity index (χ0n) is 10.5. The lowest BCUT2D eigenvalue weighted by atomic mass is 9.91. The number of phenolic OH excluding ortho intramolecular Hbond substituents is 2. The van der Waals surface area contributed by atoms with E-state index in [2.05, 4.69) is 0 Å². The number of esters is 1. The van der Waals surface area contributed by atoms with Gasteiger partial charge >= 0.3 is 5.97 Å². The van der Waals surface area contributed by atoms with Gasteiger partial charge in [-0.1, -0.05) is 0 Å². The molecule has 0 aliphatic heterocycles. The lowest BCUT2D eigenvalue weighted by molar-refractivity contribution is -0.144. The largest absolute Gasteiger partial charge is 0.508 e. The van der Waals surface area contributed by atoms with Crippen LogP contribution in [0.3, 0.4) is 0 Å². The molecule has 0 aromatic heterocycles. The van der Waals surface area contributed by atoms with Crippen LogP contribution in [0, 0.1) is 0 Å². The molecule has 0 aliphatic carbocycles. The Balaban J connectivity index is 2.76. The molecular weight excluding hydrogens is 236 g/mol. The zero-order valence-corrected chi connectivity index (χ0v) is 10.5. The number of rotatable bonds is 5. The number of ether oxygens (including phenoxy) is 1. The van der Waals surface area contributed by atoms with Crippen LogP contribution in [0.1, 0.15) is 32.3 Å². The summed E-state index contributed by atoms with van der Waals surface area (Å²) in [6.07, 6.45) is 0.214. The van der Waals surface area contributed by atoms with Gasteiger partial charge in [0.2, 0.25) is 0 Å². The number of aliphatic hydroxyl groups is 1. The molecule has 18 heavy (non-hydrogen) atoms. The summed E-state index contributed by atoms with van der Waals surface area (Å²) in [4.78, 5) is 11.2. The predicted octanol–water partition coefficient (Wildman–Crippen LogP) is 1.65.